The highest BCUT2D eigenvalue weighted by molar-refractivity contribution is 5.93. The SMILES string of the molecule is CC(=O)N(CCC(=O)Nc1ccc2c(c1)oc(=O)n2C)Cc1ccccc1. The Labute approximate surface area is 156 Å². The van der Waals surface area contributed by atoms with E-state index in [1.54, 1.807) is 30.1 Å². The first-order valence-electron chi connectivity index (χ1n) is 8.63. The van der Waals surface area contributed by atoms with Crippen molar-refractivity contribution in [3.63, 3.8) is 0 Å². The summed E-state index contributed by atoms with van der Waals surface area (Å²) in [5.41, 5.74) is 2.62. The van der Waals surface area contributed by atoms with Crippen molar-refractivity contribution in [3.05, 3.63) is 64.6 Å². The molecule has 0 radical (unpaired) electrons. The fourth-order valence-corrected chi connectivity index (χ4v) is 2.82. The van der Waals surface area contributed by atoms with Crippen molar-refractivity contribution in [1.29, 1.82) is 0 Å². The van der Waals surface area contributed by atoms with Gasteiger partial charge in [-0.2, -0.15) is 0 Å². The van der Waals surface area contributed by atoms with E-state index in [0.29, 0.717) is 29.9 Å². The zero-order chi connectivity index (χ0) is 19.4. The number of aromatic nitrogens is 1. The minimum absolute atomic E-state index is 0.0841. The Kier molecular flexibility index (Phi) is 5.40. The van der Waals surface area contributed by atoms with Gasteiger partial charge in [0, 0.05) is 45.2 Å². The molecule has 0 aliphatic rings. The molecule has 0 fully saturated rings. The van der Waals surface area contributed by atoms with Gasteiger partial charge in [0.1, 0.15) is 0 Å². The van der Waals surface area contributed by atoms with Gasteiger partial charge in [0.2, 0.25) is 11.8 Å². The van der Waals surface area contributed by atoms with E-state index in [-0.39, 0.29) is 18.2 Å². The first kappa shape index (κ1) is 18.4. The summed E-state index contributed by atoms with van der Waals surface area (Å²) in [5.74, 6) is -0.752. The Morgan fingerprint density at radius 3 is 2.59 bits per heavy atom. The smallest absolute Gasteiger partial charge is 0.408 e. The third-order valence-electron chi connectivity index (χ3n) is 4.35. The fourth-order valence-electron chi connectivity index (χ4n) is 2.82. The Morgan fingerprint density at radius 2 is 1.89 bits per heavy atom. The van der Waals surface area contributed by atoms with Crippen LogP contribution in [0.3, 0.4) is 0 Å². The summed E-state index contributed by atoms with van der Waals surface area (Å²) in [6, 6.07) is 14.7. The summed E-state index contributed by atoms with van der Waals surface area (Å²) >= 11 is 0. The molecule has 3 rings (SSSR count). The summed E-state index contributed by atoms with van der Waals surface area (Å²) in [6.07, 6.45) is 0.170. The highest BCUT2D eigenvalue weighted by Gasteiger charge is 2.13. The maximum atomic E-state index is 12.3. The number of rotatable bonds is 6. The molecule has 1 N–H and O–H groups in total. The van der Waals surface area contributed by atoms with Gasteiger partial charge in [-0.25, -0.2) is 4.79 Å². The Balaban J connectivity index is 1.61. The molecule has 0 aliphatic heterocycles. The molecule has 140 valence electrons. The molecular weight excluding hydrogens is 346 g/mol. The van der Waals surface area contributed by atoms with Crippen molar-refractivity contribution >= 4 is 28.6 Å². The van der Waals surface area contributed by atoms with Crippen LogP contribution in [0, 0.1) is 0 Å². The lowest BCUT2D eigenvalue weighted by Crippen LogP contribution is -2.31. The predicted octanol–water partition coefficient (Wildman–Crippen LogP) is 2.51. The highest BCUT2D eigenvalue weighted by atomic mass is 16.4. The monoisotopic (exact) mass is 367 g/mol. The minimum atomic E-state index is -0.452. The van der Waals surface area contributed by atoms with Crippen LogP contribution in [0.4, 0.5) is 5.69 Å². The van der Waals surface area contributed by atoms with Gasteiger partial charge in [0.15, 0.2) is 5.58 Å². The van der Waals surface area contributed by atoms with Gasteiger partial charge in [-0.15, -0.1) is 0 Å². The first-order chi connectivity index (χ1) is 12.9. The number of benzene rings is 2. The lowest BCUT2D eigenvalue weighted by molar-refractivity contribution is -0.129. The summed E-state index contributed by atoms with van der Waals surface area (Å²) in [7, 11) is 1.62. The van der Waals surface area contributed by atoms with E-state index < -0.39 is 5.76 Å². The minimum Gasteiger partial charge on any atom is -0.408 e. The molecule has 1 heterocycles. The zero-order valence-corrected chi connectivity index (χ0v) is 15.3. The Morgan fingerprint density at radius 1 is 1.15 bits per heavy atom. The molecule has 0 saturated heterocycles. The average molecular weight is 367 g/mol. The number of fused-ring (bicyclic) bond motifs is 1. The number of hydrogen-bond acceptors (Lipinski definition) is 4. The molecule has 0 atom stereocenters. The number of hydrogen-bond donors (Lipinski definition) is 1. The van der Waals surface area contributed by atoms with Crippen LogP contribution in [0.1, 0.15) is 18.9 Å². The summed E-state index contributed by atoms with van der Waals surface area (Å²) in [6.45, 7) is 2.27. The molecule has 2 amide bonds. The molecule has 7 nitrogen and oxygen atoms in total. The number of carbonyl (C=O) groups excluding carboxylic acids is 2. The molecule has 0 unspecified atom stereocenters. The van der Waals surface area contributed by atoms with Crippen LogP contribution < -0.4 is 11.1 Å². The van der Waals surface area contributed by atoms with Gasteiger partial charge in [0.25, 0.3) is 0 Å². The van der Waals surface area contributed by atoms with Crippen LogP contribution >= 0.6 is 0 Å². The van der Waals surface area contributed by atoms with E-state index in [9.17, 15) is 14.4 Å². The number of aryl methyl sites for hydroxylation is 1. The van der Waals surface area contributed by atoms with Crippen LogP contribution in [0.15, 0.2) is 57.7 Å². The molecule has 2 aromatic carbocycles. The third-order valence-corrected chi connectivity index (χ3v) is 4.35. The standard InChI is InChI=1S/C20H21N3O4/c1-14(24)23(13-15-6-4-3-5-7-15)11-10-19(25)21-16-8-9-17-18(12-16)27-20(26)22(17)2/h3-9,12H,10-11,13H2,1-2H3,(H,21,25). The lowest BCUT2D eigenvalue weighted by Gasteiger charge is -2.21. The van der Waals surface area contributed by atoms with Crippen LogP contribution in [-0.4, -0.2) is 27.8 Å². The Hall–Kier alpha value is -3.35. The lowest BCUT2D eigenvalue weighted by atomic mass is 10.2. The van der Waals surface area contributed by atoms with Crippen molar-refractivity contribution in [2.24, 2.45) is 7.05 Å². The van der Waals surface area contributed by atoms with Crippen LogP contribution in [0.25, 0.3) is 11.1 Å². The van der Waals surface area contributed by atoms with Crippen molar-refractivity contribution in [2.45, 2.75) is 19.9 Å². The molecule has 0 aliphatic carbocycles. The number of amides is 2. The number of carbonyl (C=O) groups is 2. The highest BCUT2D eigenvalue weighted by Crippen LogP contribution is 2.18. The number of oxazole rings is 1. The van der Waals surface area contributed by atoms with Crippen molar-refractivity contribution < 1.29 is 14.0 Å². The second-order valence-electron chi connectivity index (χ2n) is 6.33. The summed E-state index contributed by atoms with van der Waals surface area (Å²) < 4.78 is 6.52. The normalized spacial score (nSPS) is 10.7. The molecule has 7 heteroatoms. The zero-order valence-electron chi connectivity index (χ0n) is 15.3. The molecule has 0 spiro atoms. The number of anilines is 1. The fraction of sp³-hybridized carbons (Fsp3) is 0.250. The van der Waals surface area contributed by atoms with Gasteiger partial charge in [-0.05, 0) is 17.7 Å². The van der Waals surface area contributed by atoms with E-state index in [0.717, 1.165) is 5.56 Å². The molecule has 0 bridgehead atoms. The van der Waals surface area contributed by atoms with Crippen molar-refractivity contribution in [2.75, 3.05) is 11.9 Å². The van der Waals surface area contributed by atoms with E-state index in [2.05, 4.69) is 5.32 Å². The van der Waals surface area contributed by atoms with E-state index in [1.807, 2.05) is 30.3 Å². The van der Waals surface area contributed by atoms with Gasteiger partial charge in [-0.3, -0.25) is 14.2 Å². The summed E-state index contributed by atoms with van der Waals surface area (Å²) in [4.78, 5) is 37.3. The van der Waals surface area contributed by atoms with E-state index in [4.69, 9.17) is 4.42 Å². The van der Waals surface area contributed by atoms with Crippen LogP contribution in [-0.2, 0) is 23.2 Å². The topological polar surface area (TPSA) is 84.6 Å². The second kappa shape index (κ2) is 7.90. The molecule has 3 aromatic rings. The quantitative estimate of drug-likeness (QED) is 0.725. The number of nitrogens with zero attached hydrogens (tertiary/aromatic N) is 2. The predicted molar refractivity (Wildman–Crippen MR) is 102 cm³/mol. The van der Waals surface area contributed by atoms with Crippen molar-refractivity contribution in [3.8, 4) is 0 Å². The van der Waals surface area contributed by atoms with E-state index in [1.165, 1.54) is 11.5 Å². The van der Waals surface area contributed by atoms with Gasteiger partial charge >= 0.3 is 5.76 Å². The number of nitrogens with one attached hydrogen (secondary N) is 1. The average Bonchev–Trinajstić information content (AvgIpc) is 2.93. The molecule has 0 saturated carbocycles. The van der Waals surface area contributed by atoms with Gasteiger partial charge in [0.05, 0.1) is 5.52 Å². The Bertz CT molecular complexity index is 1020. The van der Waals surface area contributed by atoms with Crippen LogP contribution in [0.2, 0.25) is 0 Å². The summed E-state index contributed by atoms with van der Waals surface area (Å²) in [5, 5.41) is 2.77. The van der Waals surface area contributed by atoms with Crippen LogP contribution in [0.5, 0.6) is 0 Å². The first-order valence-corrected chi connectivity index (χ1v) is 8.63. The second-order valence-corrected chi connectivity index (χ2v) is 6.33. The van der Waals surface area contributed by atoms with Crippen molar-refractivity contribution in [1.82, 2.24) is 9.47 Å². The van der Waals surface area contributed by atoms with Gasteiger partial charge in [-0.1, -0.05) is 30.3 Å². The maximum Gasteiger partial charge on any atom is 0.419 e. The maximum absolute atomic E-state index is 12.3. The van der Waals surface area contributed by atoms with Gasteiger partial charge < -0.3 is 14.6 Å². The molecule has 1 aromatic heterocycles. The third kappa shape index (κ3) is 4.44. The molecule has 27 heavy (non-hydrogen) atoms. The molecular formula is C20H21N3O4. The van der Waals surface area contributed by atoms with E-state index >= 15 is 0 Å². The largest absolute Gasteiger partial charge is 0.419 e.